The fraction of sp³-hybridized carbons (Fsp3) is 0.300. The molecule has 0 spiro atoms. The second kappa shape index (κ2) is 5.72. The van der Waals surface area contributed by atoms with E-state index in [0.29, 0.717) is 0 Å². The van der Waals surface area contributed by atoms with Gasteiger partial charge < -0.3 is 0 Å². The molecule has 0 atom stereocenters. The number of hydrogen-bond acceptors (Lipinski definition) is 2. The molecule has 0 radical (unpaired) electrons. The molecular formula is C10H15NS. The maximum absolute atomic E-state index is 4.10. The molecule has 0 N–H and O–H groups in total. The molecule has 0 saturated carbocycles. The highest BCUT2D eigenvalue weighted by Gasteiger charge is 2.00. The van der Waals surface area contributed by atoms with E-state index in [0.717, 1.165) is 16.1 Å². The van der Waals surface area contributed by atoms with E-state index in [9.17, 15) is 0 Å². The van der Waals surface area contributed by atoms with Crippen LogP contribution >= 0.6 is 11.3 Å². The summed E-state index contributed by atoms with van der Waals surface area (Å²) >= 11 is 1.60. The van der Waals surface area contributed by atoms with Crippen LogP contribution in [0.2, 0.25) is 0 Å². The van der Waals surface area contributed by atoms with E-state index in [4.69, 9.17) is 0 Å². The normalized spacial score (nSPS) is 8.25. The van der Waals surface area contributed by atoms with Gasteiger partial charge in [0.1, 0.15) is 0 Å². The average Bonchev–Trinajstić information content (AvgIpc) is 2.55. The molecule has 0 fully saturated rings. The second-order valence-corrected chi connectivity index (χ2v) is 2.91. The molecular weight excluding hydrogens is 166 g/mol. The zero-order valence-electron chi connectivity index (χ0n) is 7.92. The van der Waals surface area contributed by atoms with Crippen LogP contribution in [0.3, 0.4) is 0 Å². The SMILES string of the molecule is C=Cc1ncsc1C(=C)C.CC. The lowest BCUT2D eigenvalue weighted by Crippen LogP contribution is -1.76. The molecule has 66 valence electrons. The number of hydrogen-bond donors (Lipinski definition) is 0. The summed E-state index contributed by atoms with van der Waals surface area (Å²) < 4.78 is 0. The zero-order valence-corrected chi connectivity index (χ0v) is 8.74. The molecule has 12 heavy (non-hydrogen) atoms. The Labute approximate surface area is 78.5 Å². The van der Waals surface area contributed by atoms with Crippen molar-refractivity contribution in [3.05, 3.63) is 29.2 Å². The molecule has 1 aromatic heterocycles. The highest BCUT2D eigenvalue weighted by atomic mass is 32.1. The van der Waals surface area contributed by atoms with E-state index in [-0.39, 0.29) is 0 Å². The van der Waals surface area contributed by atoms with Gasteiger partial charge in [-0.3, -0.25) is 0 Å². The molecule has 1 nitrogen and oxygen atoms in total. The van der Waals surface area contributed by atoms with Crippen molar-refractivity contribution in [3.8, 4) is 0 Å². The quantitative estimate of drug-likeness (QED) is 0.675. The molecule has 0 saturated heterocycles. The maximum atomic E-state index is 4.10. The van der Waals surface area contributed by atoms with Gasteiger partial charge in [-0.1, -0.05) is 27.0 Å². The third kappa shape index (κ3) is 2.62. The molecule has 1 aromatic rings. The Balaban J connectivity index is 0.000000561. The first-order valence-electron chi connectivity index (χ1n) is 3.97. The molecule has 0 aliphatic heterocycles. The van der Waals surface area contributed by atoms with E-state index in [2.05, 4.69) is 18.1 Å². The molecule has 0 aromatic carbocycles. The van der Waals surface area contributed by atoms with Crippen LogP contribution < -0.4 is 0 Å². The van der Waals surface area contributed by atoms with Crippen LogP contribution in [-0.4, -0.2) is 4.98 Å². The molecule has 1 heterocycles. The number of thiazole rings is 1. The highest BCUT2D eigenvalue weighted by Crippen LogP contribution is 2.21. The molecule has 0 unspecified atom stereocenters. The molecule has 0 amide bonds. The standard InChI is InChI=1S/C8H9NS.C2H6/c1-4-7-8(6(2)3)10-5-9-7;1-2/h4-5H,1-2H2,3H3;1-2H3. The average molecular weight is 181 g/mol. The predicted octanol–water partition coefficient (Wildman–Crippen LogP) is 3.85. The van der Waals surface area contributed by atoms with Gasteiger partial charge in [0.05, 0.1) is 16.1 Å². The van der Waals surface area contributed by atoms with Gasteiger partial charge >= 0.3 is 0 Å². The van der Waals surface area contributed by atoms with Crippen LogP contribution in [0.5, 0.6) is 0 Å². The summed E-state index contributed by atoms with van der Waals surface area (Å²) in [6.07, 6.45) is 1.75. The Morgan fingerprint density at radius 2 is 2.17 bits per heavy atom. The van der Waals surface area contributed by atoms with Gasteiger partial charge in [-0.2, -0.15) is 0 Å². The third-order valence-corrected chi connectivity index (χ3v) is 2.18. The van der Waals surface area contributed by atoms with Crippen molar-refractivity contribution in [2.45, 2.75) is 20.8 Å². The molecule has 0 bridgehead atoms. The summed E-state index contributed by atoms with van der Waals surface area (Å²) in [5, 5.41) is 0. The van der Waals surface area contributed by atoms with Gasteiger partial charge in [-0.05, 0) is 18.6 Å². The van der Waals surface area contributed by atoms with Crippen LogP contribution in [0, 0.1) is 0 Å². The van der Waals surface area contributed by atoms with E-state index < -0.39 is 0 Å². The Hall–Kier alpha value is -0.890. The summed E-state index contributed by atoms with van der Waals surface area (Å²) in [6, 6.07) is 0. The lowest BCUT2D eigenvalue weighted by molar-refractivity contribution is 1.37. The van der Waals surface area contributed by atoms with E-state index in [1.165, 1.54) is 0 Å². The lowest BCUT2D eigenvalue weighted by atomic mass is 10.2. The summed E-state index contributed by atoms with van der Waals surface area (Å²) in [7, 11) is 0. The number of rotatable bonds is 2. The number of nitrogens with zero attached hydrogens (tertiary/aromatic N) is 1. The van der Waals surface area contributed by atoms with Crippen molar-refractivity contribution in [2.75, 3.05) is 0 Å². The summed E-state index contributed by atoms with van der Waals surface area (Å²) in [4.78, 5) is 5.23. The monoisotopic (exact) mass is 181 g/mol. The Morgan fingerprint density at radius 3 is 2.50 bits per heavy atom. The van der Waals surface area contributed by atoms with Crippen LogP contribution in [0.15, 0.2) is 18.7 Å². The van der Waals surface area contributed by atoms with E-state index in [1.807, 2.05) is 20.8 Å². The Morgan fingerprint density at radius 1 is 1.58 bits per heavy atom. The smallest absolute Gasteiger partial charge is 0.0808 e. The topological polar surface area (TPSA) is 12.9 Å². The number of aromatic nitrogens is 1. The van der Waals surface area contributed by atoms with Gasteiger partial charge in [0.2, 0.25) is 0 Å². The fourth-order valence-electron chi connectivity index (χ4n) is 0.719. The van der Waals surface area contributed by atoms with Crippen LogP contribution in [0.1, 0.15) is 31.3 Å². The first-order valence-corrected chi connectivity index (χ1v) is 4.85. The van der Waals surface area contributed by atoms with Gasteiger partial charge in [0.25, 0.3) is 0 Å². The van der Waals surface area contributed by atoms with Gasteiger partial charge in [0, 0.05) is 0 Å². The third-order valence-electron chi connectivity index (χ3n) is 1.18. The van der Waals surface area contributed by atoms with Crippen LogP contribution in [0.25, 0.3) is 11.6 Å². The molecule has 2 heteroatoms. The Kier molecular flexibility index (Phi) is 5.30. The Bertz CT molecular complexity index is 261. The van der Waals surface area contributed by atoms with E-state index in [1.54, 1.807) is 22.9 Å². The summed E-state index contributed by atoms with van der Waals surface area (Å²) in [5.41, 5.74) is 3.80. The van der Waals surface area contributed by atoms with Crippen molar-refractivity contribution in [3.63, 3.8) is 0 Å². The summed E-state index contributed by atoms with van der Waals surface area (Å²) in [5.74, 6) is 0. The largest absolute Gasteiger partial charge is 0.245 e. The minimum Gasteiger partial charge on any atom is -0.245 e. The molecule has 0 aliphatic rings. The molecule has 0 aliphatic carbocycles. The second-order valence-electron chi connectivity index (χ2n) is 2.05. The van der Waals surface area contributed by atoms with Crippen molar-refractivity contribution in [2.24, 2.45) is 0 Å². The van der Waals surface area contributed by atoms with Gasteiger partial charge in [-0.15, -0.1) is 11.3 Å². The van der Waals surface area contributed by atoms with Crippen LogP contribution in [0.4, 0.5) is 0 Å². The predicted molar refractivity (Wildman–Crippen MR) is 58.3 cm³/mol. The number of allylic oxidation sites excluding steroid dienone is 1. The van der Waals surface area contributed by atoms with Crippen molar-refractivity contribution in [1.82, 2.24) is 4.98 Å². The summed E-state index contributed by atoms with van der Waals surface area (Å²) in [6.45, 7) is 13.5. The van der Waals surface area contributed by atoms with Crippen molar-refractivity contribution < 1.29 is 0 Å². The highest BCUT2D eigenvalue weighted by molar-refractivity contribution is 7.11. The van der Waals surface area contributed by atoms with Gasteiger partial charge in [-0.25, -0.2) is 4.98 Å². The minimum absolute atomic E-state index is 0.942. The fourth-order valence-corrected chi connectivity index (χ4v) is 1.45. The lowest BCUT2D eigenvalue weighted by Gasteiger charge is -1.92. The van der Waals surface area contributed by atoms with Gasteiger partial charge in [0.15, 0.2) is 0 Å². The molecule has 1 rings (SSSR count). The first-order chi connectivity index (χ1) is 5.75. The zero-order chi connectivity index (χ0) is 9.56. The van der Waals surface area contributed by atoms with Crippen LogP contribution in [-0.2, 0) is 0 Å². The van der Waals surface area contributed by atoms with E-state index >= 15 is 0 Å². The first kappa shape index (κ1) is 11.1. The maximum Gasteiger partial charge on any atom is 0.0808 e. The van der Waals surface area contributed by atoms with Crippen molar-refractivity contribution in [1.29, 1.82) is 0 Å². The van der Waals surface area contributed by atoms with Crippen molar-refractivity contribution >= 4 is 23.0 Å². The minimum atomic E-state index is 0.942.